The van der Waals surface area contributed by atoms with Crippen LogP contribution in [-0.2, 0) is 7.05 Å². The van der Waals surface area contributed by atoms with Crippen molar-refractivity contribution in [2.24, 2.45) is 7.05 Å². The van der Waals surface area contributed by atoms with Crippen LogP contribution >= 0.6 is 11.3 Å². The highest BCUT2D eigenvalue weighted by molar-refractivity contribution is 7.32. The topological polar surface area (TPSA) is 13.1 Å². The van der Waals surface area contributed by atoms with E-state index < -0.39 is 8.07 Å². The van der Waals surface area contributed by atoms with Gasteiger partial charge >= 0.3 is 0 Å². The molecule has 0 saturated carbocycles. The molecule has 2 nitrogen and oxygen atoms in total. The number of ether oxygens (including phenoxy) is 1. The molecule has 0 saturated heterocycles. The van der Waals surface area contributed by atoms with E-state index in [0.29, 0.717) is 0 Å². The fourth-order valence-corrected chi connectivity index (χ4v) is 7.65. The zero-order valence-corrected chi connectivity index (χ0v) is 18.5. The zero-order chi connectivity index (χ0) is 19.1. The number of aromatic nitrogens is 1. The highest BCUT2D eigenvalue weighted by atomic mass is 32.1. The van der Waals surface area contributed by atoms with Gasteiger partial charge < -0.3 is 4.74 Å². The normalized spacial score (nSPS) is 13.1. The minimum absolute atomic E-state index is 1.04. The van der Waals surface area contributed by atoms with Crippen molar-refractivity contribution in [2.45, 2.75) is 33.5 Å². The summed E-state index contributed by atoms with van der Waals surface area (Å²) < 4.78 is 11.8. The Balaban J connectivity index is 2.01. The summed E-state index contributed by atoms with van der Waals surface area (Å²) in [5.41, 5.74) is 5.10. The van der Waals surface area contributed by atoms with Gasteiger partial charge in [-0.15, -0.1) is 11.3 Å². The van der Waals surface area contributed by atoms with Gasteiger partial charge in [0.15, 0.2) is 11.9 Å². The molecule has 0 fully saturated rings. The van der Waals surface area contributed by atoms with E-state index in [0.717, 1.165) is 11.5 Å². The van der Waals surface area contributed by atoms with Crippen molar-refractivity contribution in [3.63, 3.8) is 0 Å². The summed E-state index contributed by atoms with van der Waals surface area (Å²) in [6.07, 6.45) is 2.20. The van der Waals surface area contributed by atoms with E-state index in [2.05, 4.69) is 81.6 Å². The summed E-state index contributed by atoms with van der Waals surface area (Å²) in [4.78, 5) is 0. The van der Waals surface area contributed by atoms with Gasteiger partial charge in [0.05, 0.1) is 18.3 Å². The van der Waals surface area contributed by atoms with Crippen molar-refractivity contribution in [1.29, 1.82) is 0 Å². The number of benzene rings is 2. The summed E-state index contributed by atoms with van der Waals surface area (Å²) in [7, 11) is 0.646. The molecule has 0 aliphatic carbocycles. The molecule has 0 radical (unpaired) electrons. The number of aryl methyl sites for hydroxylation is 3. The summed E-state index contributed by atoms with van der Waals surface area (Å²) in [6, 6.07) is 10.9. The second-order valence-electron chi connectivity index (χ2n) is 8.63. The molecule has 136 valence electrons. The van der Waals surface area contributed by atoms with E-state index in [9.17, 15) is 0 Å². The second-order valence-corrected chi connectivity index (χ2v) is 15.0. The first-order valence-electron chi connectivity index (χ1n) is 9.44. The molecule has 1 aliphatic heterocycles. The van der Waals surface area contributed by atoms with Crippen LogP contribution in [0.4, 0.5) is 0 Å². The van der Waals surface area contributed by atoms with Crippen molar-refractivity contribution in [3.8, 4) is 22.8 Å². The lowest BCUT2D eigenvalue weighted by Crippen LogP contribution is -2.36. The van der Waals surface area contributed by atoms with Gasteiger partial charge in [-0.1, -0.05) is 43.9 Å². The predicted molar refractivity (Wildman–Crippen MR) is 118 cm³/mol. The molecule has 27 heavy (non-hydrogen) atoms. The predicted octanol–water partition coefficient (Wildman–Crippen LogP) is 5.81. The number of nitrogens with zero attached hydrogens (tertiary/aromatic N) is 1. The van der Waals surface area contributed by atoms with E-state index in [1.54, 1.807) is 0 Å². The first-order chi connectivity index (χ1) is 12.8. The molecule has 0 unspecified atom stereocenters. The third-order valence-electron chi connectivity index (χ3n) is 5.73. The molecule has 0 N–H and O–H groups in total. The van der Waals surface area contributed by atoms with Gasteiger partial charge in [-0.3, -0.25) is 0 Å². The van der Waals surface area contributed by atoms with Gasteiger partial charge in [0, 0.05) is 16.1 Å². The van der Waals surface area contributed by atoms with E-state index in [1.165, 1.54) is 47.7 Å². The van der Waals surface area contributed by atoms with Gasteiger partial charge in [-0.25, -0.2) is 4.57 Å². The Kier molecular flexibility index (Phi) is 3.41. The van der Waals surface area contributed by atoms with Crippen LogP contribution in [-0.4, -0.2) is 8.07 Å². The van der Waals surface area contributed by atoms with Crippen LogP contribution in [0.25, 0.3) is 32.1 Å². The molecule has 4 aromatic rings. The molecule has 0 atom stereocenters. The Morgan fingerprint density at radius 3 is 2.26 bits per heavy atom. The summed E-state index contributed by atoms with van der Waals surface area (Å²) in [6.45, 7) is 11.7. The Morgan fingerprint density at radius 1 is 0.926 bits per heavy atom. The SMILES string of the molecule is Cc1c2c(c(C)c3ccccc13)-c1c3c(c([Si](C)(C)C)sc3cc[n+]1C)O2. The van der Waals surface area contributed by atoms with Gasteiger partial charge in [-0.2, -0.15) is 0 Å². The van der Waals surface area contributed by atoms with Crippen LogP contribution in [0.15, 0.2) is 36.5 Å². The number of pyridine rings is 1. The lowest BCUT2D eigenvalue weighted by molar-refractivity contribution is -0.659. The zero-order valence-electron chi connectivity index (χ0n) is 16.7. The first kappa shape index (κ1) is 17.0. The van der Waals surface area contributed by atoms with Gasteiger partial charge in [0.25, 0.3) is 0 Å². The largest absolute Gasteiger partial charge is 0.454 e. The fraction of sp³-hybridized carbons (Fsp3) is 0.261. The summed E-state index contributed by atoms with van der Waals surface area (Å²) in [5.74, 6) is 2.16. The van der Waals surface area contributed by atoms with E-state index >= 15 is 0 Å². The lowest BCUT2D eigenvalue weighted by Gasteiger charge is -2.24. The monoisotopic (exact) mass is 390 g/mol. The van der Waals surface area contributed by atoms with Crippen LogP contribution in [0.1, 0.15) is 11.1 Å². The van der Waals surface area contributed by atoms with Crippen LogP contribution < -0.4 is 13.8 Å². The number of rotatable bonds is 1. The molecule has 0 amide bonds. The van der Waals surface area contributed by atoms with Crippen molar-refractivity contribution in [3.05, 3.63) is 47.7 Å². The van der Waals surface area contributed by atoms with Gasteiger partial charge in [-0.05, 0) is 30.2 Å². The third-order valence-corrected chi connectivity index (χ3v) is 10.4. The van der Waals surface area contributed by atoms with E-state index in [1.807, 2.05) is 11.3 Å². The smallest absolute Gasteiger partial charge is 0.228 e. The van der Waals surface area contributed by atoms with E-state index in [-0.39, 0.29) is 0 Å². The Morgan fingerprint density at radius 2 is 1.59 bits per heavy atom. The Bertz CT molecular complexity index is 1260. The minimum Gasteiger partial charge on any atom is -0.454 e. The molecule has 0 bridgehead atoms. The maximum absolute atomic E-state index is 6.75. The number of hydrogen-bond donors (Lipinski definition) is 0. The number of fused-ring (bicyclic) bond motifs is 3. The highest BCUT2D eigenvalue weighted by Gasteiger charge is 2.37. The van der Waals surface area contributed by atoms with Crippen molar-refractivity contribution in [1.82, 2.24) is 0 Å². The van der Waals surface area contributed by atoms with Crippen molar-refractivity contribution in [2.75, 3.05) is 0 Å². The lowest BCUT2D eigenvalue weighted by atomic mass is 9.90. The van der Waals surface area contributed by atoms with E-state index in [4.69, 9.17) is 4.74 Å². The van der Waals surface area contributed by atoms with Gasteiger partial charge in [0.2, 0.25) is 5.69 Å². The standard InChI is InChI=1S/C23H24NOSSi/c1-13-15-9-7-8-10-16(15)14(2)21-18(13)20-19-17(11-12-24(20)3)26-23(22(19)25-21)27(4,5)6/h7-12H,1-6H3/q+1. The molecule has 3 heterocycles. The molecule has 4 heteroatoms. The van der Waals surface area contributed by atoms with Crippen molar-refractivity contribution < 1.29 is 9.30 Å². The van der Waals surface area contributed by atoms with Gasteiger partial charge in [0.1, 0.15) is 18.2 Å². The second kappa shape index (κ2) is 5.43. The number of thiophene rings is 1. The molecule has 2 aromatic heterocycles. The quantitative estimate of drug-likeness (QED) is 0.260. The Hall–Kier alpha value is -2.17. The highest BCUT2D eigenvalue weighted by Crippen LogP contribution is 2.51. The molecule has 0 spiro atoms. The Labute approximate surface area is 165 Å². The molecular weight excluding hydrogens is 366 g/mol. The van der Waals surface area contributed by atoms with Crippen LogP contribution in [0.3, 0.4) is 0 Å². The van der Waals surface area contributed by atoms with Crippen LogP contribution in [0.2, 0.25) is 19.6 Å². The molecule has 1 aliphatic rings. The van der Waals surface area contributed by atoms with Crippen LogP contribution in [0.5, 0.6) is 11.5 Å². The maximum atomic E-state index is 6.75. The minimum atomic E-state index is -1.51. The fourth-order valence-electron chi connectivity index (χ4n) is 4.36. The average Bonchev–Trinajstić information content (AvgIpc) is 3.02. The average molecular weight is 391 g/mol. The van der Waals surface area contributed by atoms with Crippen LogP contribution in [0, 0.1) is 13.8 Å². The maximum Gasteiger partial charge on any atom is 0.228 e. The third kappa shape index (κ3) is 2.20. The first-order valence-corrected chi connectivity index (χ1v) is 13.8. The number of hydrogen-bond acceptors (Lipinski definition) is 2. The molecule has 5 rings (SSSR count). The molecule has 2 aromatic carbocycles. The molecular formula is C23H24NOSSi+. The summed E-state index contributed by atoms with van der Waals surface area (Å²) in [5, 5.41) is 3.91. The van der Waals surface area contributed by atoms with Crippen molar-refractivity contribution >= 4 is 44.8 Å². The summed E-state index contributed by atoms with van der Waals surface area (Å²) >= 11 is 1.93.